The van der Waals surface area contributed by atoms with Crippen molar-refractivity contribution >= 4 is 11.8 Å². The lowest BCUT2D eigenvalue weighted by atomic mass is 10.1. The molecule has 1 fully saturated rings. The molecule has 0 aromatic carbocycles. The number of carbonyl (C=O) groups excluding carboxylic acids is 2. The highest BCUT2D eigenvalue weighted by molar-refractivity contribution is 5.88. The minimum absolute atomic E-state index is 0.0288. The van der Waals surface area contributed by atoms with E-state index in [1.165, 1.54) is 0 Å². The van der Waals surface area contributed by atoms with Gasteiger partial charge in [0.1, 0.15) is 0 Å². The Morgan fingerprint density at radius 2 is 2.41 bits per heavy atom. The number of carbonyl (C=O) groups is 2. The molecule has 1 saturated heterocycles. The summed E-state index contributed by atoms with van der Waals surface area (Å²) in [5, 5.41) is 0. The molecular weight excluding hydrogens is 218 g/mol. The summed E-state index contributed by atoms with van der Waals surface area (Å²) in [6.45, 7) is 2.81. The van der Waals surface area contributed by atoms with Gasteiger partial charge >= 0.3 is 0 Å². The van der Waals surface area contributed by atoms with Crippen molar-refractivity contribution in [2.45, 2.75) is 19.9 Å². The minimum atomic E-state index is -0.404. The van der Waals surface area contributed by atoms with Crippen molar-refractivity contribution < 1.29 is 9.59 Å². The number of hydrogen-bond acceptors (Lipinski definition) is 3. The molecule has 17 heavy (non-hydrogen) atoms. The minimum Gasteiger partial charge on any atom is -0.369 e. The number of amides is 2. The van der Waals surface area contributed by atoms with Gasteiger partial charge in [0.2, 0.25) is 11.8 Å². The number of pyridine rings is 1. The maximum Gasteiger partial charge on any atom is 0.223 e. The average Bonchev–Trinajstić information content (AvgIpc) is 2.64. The first-order valence-corrected chi connectivity index (χ1v) is 5.55. The molecule has 90 valence electrons. The van der Waals surface area contributed by atoms with E-state index < -0.39 is 5.91 Å². The first-order valence-electron chi connectivity index (χ1n) is 5.55. The molecule has 1 aromatic rings. The van der Waals surface area contributed by atoms with Gasteiger partial charge in [-0.05, 0) is 18.6 Å². The quantitative estimate of drug-likeness (QED) is 0.811. The molecule has 0 bridgehead atoms. The Bertz CT molecular complexity index is 459. The molecule has 2 heterocycles. The smallest absolute Gasteiger partial charge is 0.223 e. The summed E-state index contributed by atoms with van der Waals surface area (Å²) in [4.78, 5) is 28.6. The fourth-order valence-corrected chi connectivity index (χ4v) is 1.98. The largest absolute Gasteiger partial charge is 0.369 e. The summed E-state index contributed by atoms with van der Waals surface area (Å²) in [5.74, 6) is -0.788. The van der Waals surface area contributed by atoms with Gasteiger partial charge in [0.05, 0.1) is 18.2 Å². The number of aryl methyl sites for hydroxylation is 1. The Morgan fingerprint density at radius 1 is 1.65 bits per heavy atom. The molecule has 0 radical (unpaired) electrons. The van der Waals surface area contributed by atoms with E-state index in [1.54, 1.807) is 11.1 Å². The molecule has 1 aromatic heterocycles. The fourth-order valence-electron chi connectivity index (χ4n) is 1.98. The van der Waals surface area contributed by atoms with E-state index in [0.29, 0.717) is 13.1 Å². The number of aromatic nitrogens is 1. The van der Waals surface area contributed by atoms with Crippen molar-refractivity contribution in [1.29, 1.82) is 0 Å². The van der Waals surface area contributed by atoms with E-state index in [2.05, 4.69) is 4.98 Å². The second-order valence-electron chi connectivity index (χ2n) is 4.34. The third kappa shape index (κ3) is 2.43. The maximum atomic E-state index is 11.7. The molecule has 2 amide bonds. The van der Waals surface area contributed by atoms with Crippen LogP contribution in [0.15, 0.2) is 18.3 Å². The molecule has 2 N–H and O–H groups in total. The van der Waals surface area contributed by atoms with Crippen molar-refractivity contribution in [1.82, 2.24) is 9.88 Å². The lowest BCUT2D eigenvalue weighted by Gasteiger charge is -2.16. The van der Waals surface area contributed by atoms with Crippen LogP contribution in [0.5, 0.6) is 0 Å². The Morgan fingerprint density at radius 3 is 3.00 bits per heavy atom. The van der Waals surface area contributed by atoms with Gasteiger partial charge in [-0.2, -0.15) is 0 Å². The number of primary amides is 1. The molecule has 0 saturated carbocycles. The zero-order valence-corrected chi connectivity index (χ0v) is 9.72. The van der Waals surface area contributed by atoms with E-state index >= 15 is 0 Å². The molecule has 1 atom stereocenters. The van der Waals surface area contributed by atoms with Crippen LogP contribution in [0.3, 0.4) is 0 Å². The van der Waals surface area contributed by atoms with E-state index in [0.717, 1.165) is 11.3 Å². The van der Waals surface area contributed by atoms with Crippen LogP contribution in [0.1, 0.15) is 17.7 Å². The maximum absolute atomic E-state index is 11.7. The summed E-state index contributed by atoms with van der Waals surface area (Å²) < 4.78 is 0. The van der Waals surface area contributed by atoms with Gasteiger partial charge in [0.25, 0.3) is 0 Å². The molecular formula is C12H15N3O2. The molecule has 5 nitrogen and oxygen atoms in total. The third-order valence-electron chi connectivity index (χ3n) is 3.08. The zero-order valence-electron chi connectivity index (χ0n) is 9.72. The van der Waals surface area contributed by atoms with Gasteiger partial charge < -0.3 is 10.6 Å². The summed E-state index contributed by atoms with van der Waals surface area (Å²) >= 11 is 0. The molecule has 1 aliphatic rings. The Kier molecular flexibility index (Phi) is 3.08. The highest BCUT2D eigenvalue weighted by atomic mass is 16.2. The van der Waals surface area contributed by atoms with Gasteiger partial charge in [0, 0.05) is 19.2 Å². The van der Waals surface area contributed by atoms with Gasteiger partial charge in [-0.15, -0.1) is 0 Å². The molecule has 0 aliphatic carbocycles. The zero-order chi connectivity index (χ0) is 12.4. The average molecular weight is 233 g/mol. The normalized spacial score (nSPS) is 19.7. The number of nitrogens with two attached hydrogens (primary N) is 1. The van der Waals surface area contributed by atoms with Crippen LogP contribution in [0.2, 0.25) is 0 Å². The summed E-state index contributed by atoms with van der Waals surface area (Å²) in [6, 6.07) is 3.81. The van der Waals surface area contributed by atoms with Crippen LogP contribution in [-0.2, 0) is 16.1 Å². The van der Waals surface area contributed by atoms with Crippen molar-refractivity contribution in [3.05, 3.63) is 29.6 Å². The van der Waals surface area contributed by atoms with E-state index in [4.69, 9.17) is 5.73 Å². The van der Waals surface area contributed by atoms with Crippen molar-refractivity contribution in [2.75, 3.05) is 6.54 Å². The number of likely N-dealkylation sites (tertiary alicyclic amines) is 1. The van der Waals surface area contributed by atoms with Crippen LogP contribution in [0, 0.1) is 12.8 Å². The Balaban J connectivity index is 2.08. The first kappa shape index (κ1) is 11.6. The Labute approximate surface area is 99.6 Å². The van der Waals surface area contributed by atoms with Gasteiger partial charge in [0.15, 0.2) is 0 Å². The highest BCUT2D eigenvalue weighted by Gasteiger charge is 2.33. The summed E-state index contributed by atoms with van der Waals surface area (Å²) in [5.41, 5.74) is 7.12. The summed E-state index contributed by atoms with van der Waals surface area (Å²) in [6.07, 6.45) is 1.93. The first-order chi connectivity index (χ1) is 8.08. The van der Waals surface area contributed by atoms with Crippen molar-refractivity contribution in [3.8, 4) is 0 Å². The van der Waals surface area contributed by atoms with Crippen LogP contribution < -0.4 is 5.73 Å². The van der Waals surface area contributed by atoms with Crippen LogP contribution >= 0.6 is 0 Å². The van der Waals surface area contributed by atoms with E-state index in [-0.39, 0.29) is 18.2 Å². The van der Waals surface area contributed by atoms with Gasteiger partial charge in [-0.3, -0.25) is 14.6 Å². The molecule has 1 aliphatic heterocycles. The number of nitrogens with zero attached hydrogens (tertiary/aromatic N) is 2. The van der Waals surface area contributed by atoms with Gasteiger partial charge in [-0.25, -0.2) is 0 Å². The lowest BCUT2D eigenvalue weighted by molar-refractivity contribution is -0.128. The SMILES string of the molecule is Cc1cccnc1CN1CC(C(N)=O)CC1=O. The van der Waals surface area contributed by atoms with Crippen molar-refractivity contribution in [3.63, 3.8) is 0 Å². The monoisotopic (exact) mass is 233 g/mol. The van der Waals surface area contributed by atoms with Crippen molar-refractivity contribution in [2.24, 2.45) is 11.7 Å². The van der Waals surface area contributed by atoms with E-state index in [1.807, 2.05) is 19.1 Å². The second-order valence-corrected chi connectivity index (χ2v) is 4.34. The second kappa shape index (κ2) is 4.53. The number of hydrogen-bond donors (Lipinski definition) is 1. The molecule has 2 rings (SSSR count). The summed E-state index contributed by atoms with van der Waals surface area (Å²) in [7, 11) is 0. The third-order valence-corrected chi connectivity index (χ3v) is 3.08. The fraction of sp³-hybridized carbons (Fsp3) is 0.417. The highest BCUT2D eigenvalue weighted by Crippen LogP contribution is 2.20. The van der Waals surface area contributed by atoms with Gasteiger partial charge in [-0.1, -0.05) is 6.07 Å². The lowest BCUT2D eigenvalue weighted by Crippen LogP contribution is -2.28. The van der Waals surface area contributed by atoms with Crippen LogP contribution in [0.25, 0.3) is 0 Å². The topological polar surface area (TPSA) is 76.3 Å². The standard InChI is InChI=1S/C12H15N3O2/c1-8-3-2-4-14-10(8)7-15-6-9(12(13)17)5-11(15)16/h2-4,9H,5-7H2,1H3,(H2,13,17). The Hall–Kier alpha value is -1.91. The molecule has 5 heteroatoms. The van der Waals surface area contributed by atoms with Crippen LogP contribution in [-0.4, -0.2) is 28.2 Å². The number of rotatable bonds is 3. The predicted molar refractivity (Wildman–Crippen MR) is 61.7 cm³/mol. The van der Waals surface area contributed by atoms with E-state index in [9.17, 15) is 9.59 Å². The molecule has 1 unspecified atom stereocenters. The molecule has 0 spiro atoms. The predicted octanol–water partition coefficient (Wildman–Crippen LogP) is 0.224. The van der Waals surface area contributed by atoms with Crippen LogP contribution in [0.4, 0.5) is 0 Å².